The molecule has 1 atom stereocenters. The van der Waals surface area contributed by atoms with Gasteiger partial charge in [-0.15, -0.1) is 0 Å². The smallest absolute Gasteiger partial charge is 0.246 e. The third-order valence-corrected chi connectivity index (χ3v) is 2.80. The van der Waals surface area contributed by atoms with Crippen LogP contribution in [-0.2, 0) is 4.79 Å². The molecule has 88 valence electrons. The monoisotopic (exact) mass is 237 g/mol. The fourth-order valence-electron chi connectivity index (χ4n) is 1.98. The number of para-hydroxylation sites is 1. The van der Waals surface area contributed by atoms with Crippen molar-refractivity contribution in [1.29, 1.82) is 0 Å². The average molecular weight is 237 g/mol. The number of amides is 1. The minimum Gasteiger partial charge on any atom is -0.324 e. The number of nitrogens with one attached hydrogen (secondary N) is 1. The second kappa shape index (κ2) is 4.45. The molecule has 0 unspecified atom stereocenters. The molecule has 3 rings (SSSR count). The van der Waals surface area contributed by atoms with E-state index in [0.717, 1.165) is 11.1 Å². The summed E-state index contributed by atoms with van der Waals surface area (Å²) in [6.07, 6.45) is 0. The first-order valence-corrected chi connectivity index (χ1v) is 5.71. The Hall–Kier alpha value is -2.42. The highest BCUT2D eigenvalue weighted by Gasteiger charge is 2.16. The Morgan fingerprint density at radius 2 is 1.78 bits per heavy atom. The first-order chi connectivity index (χ1) is 9.25. The number of anilines is 1. The van der Waals surface area contributed by atoms with Crippen LogP contribution in [0.5, 0.6) is 0 Å². The second-order valence-corrected chi connectivity index (χ2v) is 4.01. The van der Waals surface area contributed by atoms with Gasteiger partial charge in [0, 0.05) is 11.1 Å². The van der Waals surface area contributed by atoms with Crippen LogP contribution in [0.1, 0.15) is 12.5 Å². The molecule has 2 aromatic carbocycles. The Bertz CT molecular complexity index is 652. The Morgan fingerprint density at radius 3 is 2.61 bits per heavy atom. The summed E-state index contributed by atoms with van der Waals surface area (Å²) in [4.78, 5) is 16.0. The van der Waals surface area contributed by atoms with Gasteiger partial charge in [-0.3, -0.25) is 9.79 Å². The van der Waals surface area contributed by atoms with Gasteiger partial charge in [0.1, 0.15) is 6.52 Å². The minimum atomic E-state index is -1.14. The zero-order chi connectivity index (χ0) is 13.2. The van der Waals surface area contributed by atoms with Crippen LogP contribution in [0, 0.1) is 0 Å². The lowest BCUT2D eigenvalue weighted by Crippen LogP contribution is -2.13. The van der Waals surface area contributed by atoms with Crippen molar-refractivity contribution in [2.45, 2.75) is 0 Å². The van der Waals surface area contributed by atoms with Crippen molar-refractivity contribution in [2.24, 2.45) is 4.99 Å². The molecular formula is C15H12N2O. The highest BCUT2D eigenvalue weighted by atomic mass is 16.1. The summed E-state index contributed by atoms with van der Waals surface area (Å²) in [6, 6.07) is 17.1. The SMILES string of the molecule is [2H][C@@H]1N=C(c2ccccc2)c2ccccc2NC1=O. The van der Waals surface area contributed by atoms with Gasteiger partial charge in [-0.25, -0.2) is 0 Å². The molecule has 3 heteroatoms. The number of carbonyl (C=O) groups is 1. The molecular weight excluding hydrogens is 224 g/mol. The number of carbonyl (C=O) groups excluding carboxylic acids is 1. The molecule has 1 aliphatic rings. The summed E-state index contributed by atoms with van der Waals surface area (Å²) in [5, 5.41) is 2.73. The maximum Gasteiger partial charge on any atom is 0.246 e. The molecule has 0 aromatic heterocycles. The van der Waals surface area contributed by atoms with Crippen molar-refractivity contribution in [3.05, 3.63) is 65.7 Å². The molecule has 3 nitrogen and oxygen atoms in total. The standard InChI is InChI=1S/C15H12N2O/c18-14-10-16-15(11-6-2-1-3-7-11)12-8-4-5-9-13(12)17-14/h1-9H,10H2,(H,17,18)/i10D/t10-/m0/s1. The number of benzodiazepines with no additional fused rings is 1. The van der Waals surface area contributed by atoms with E-state index in [9.17, 15) is 4.79 Å². The highest BCUT2D eigenvalue weighted by Crippen LogP contribution is 2.22. The van der Waals surface area contributed by atoms with Crippen molar-refractivity contribution in [1.82, 2.24) is 0 Å². The predicted molar refractivity (Wildman–Crippen MR) is 72.0 cm³/mol. The lowest BCUT2D eigenvalue weighted by atomic mass is 10.0. The van der Waals surface area contributed by atoms with E-state index >= 15 is 0 Å². The second-order valence-electron chi connectivity index (χ2n) is 4.01. The van der Waals surface area contributed by atoms with E-state index in [1.807, 2.05) is 54.6 Å². The zero-order valence-electron chi connectivity index (χ0n) is 10.6. The topological polar surface area (TPSA) is 41.5 Å². The minimum absolute atomic E-state index is 0.404. The van der Waals surface area contributed by atoms with Crippen molar-refractivity contribution in [3.8, 4) is 0 Å². The molecule has 2 aromatic rings. The third-order valence-electron chi connectivity index (χ3n) is 2.80. The maximum absolute atomic E-state index is 11.7. The Morgan fingerprint density at radius 1 is 1.06 bits per heavy atom. The number of benzene rings is 2. The Labute approximate surface area is 107 Å². The molecule has 0 bridgehead atoms. The zero-order valence-corrected chi connectivity index (χ0v) is 9.63. The predicted octanol–water partition coefficient (Wildman–Crippen LogP) is 2.48. The van der Waals surface area contributed by atoms with E-state index in [-0.39, 0.29) is 0 Å². The number of nitrogens with zero attached hydrogens (tertiary/aromatic N) is 1. The first kappa shape index (κ1) is 9.59. The third kappa shape index (κ3) is 1.91. The quantitative estimate of drug-likeness (QED) is 0.813. The number of hydrogen-bond donors (Lipinski definition) is 1. The van der Waals surface area contributed by atoms with E-state index < -0.39 is 12.4 Å². The highest BCUT2D eigenvalue weighted by molar-refractivity contribution is 6.19. The van der Waals surface area contributed by atoms with Crippen LogP contribution in [0.4, 0.5) is 5.69 Å². The normalized spacial score (nSPS) is 19.1. The summed E-state index contributed by atoms with van der Waals surface area (Å²) < 4.78 is 7.77. The van der Waals surface area contributed by atoms with Gasteiger partial charge in [0.15, 0.2) is 0 Å². The van der Waals surface area contributed by atoms with E-state index in [4.69, 9.17) is 1.37 Å². The molecule has 0 radical (unpaired) electrons. The Kier molecular flexibility index (Phi) is 2.37. The van der Waals surface area contributed by atoms with Crippen LogP contribution in [0.2, 0.25) is 0 Å². The fraction of sp³-hybridized carbons (Fsp3) is 0.0667. The van der Waals surface area contributed by atoms with Gasteiger partial charge in [-0.1, -0.05) is 48.5 Å². The molecule has 1 amide bonds. The van der Waals surface area contributed by atoms with E-state index in [1.54, 1.807) is 0 Å². The molecule has 1 heterocycles. The van der Waals surface area contributed by atoms with Crippen LogP contribution in [0.3, 0.4) is 0 Å². The average Bonchev–Trinajstić information content (AvgIpc) is 2.58. The fourth-order valence-corrected chi connectivity index (χ4v) is 1.98. The summed E-state index contributed by atoms with van der Waals surface area (Å²) in [6.45, 7) is -1.14. The van der Waals surface area contributed by atoms with Crippen LogP contribution in [0.25, 0.3) is 0 Å². The number of fused-ring (bicyclic) bond motifs is 1. The van der Waals surface area contributed by atoms with Crippen molar-refractivity contribution in [3.63, 3.8) is 0 Å². The van der Waals surface area contributed by atoms with Gasteiger partial charge in [0.25, 0.3) is 0 Å². The summed E-state index contributed by atoms with van der Waals surface area (Å²) >= 11 is 0. The molecule has 0 aliphatic carbocycles. The van der Waals surface area contributed by atoms with Crippen LogP contribution in [-0.4, -0.2) is 18.1 Å². The Balaban J connectivity index is 2.21. The van der Waals surface area contributed by atoms with Gasteiger partial charge >= 0.3 is 0 Å². The number of aliphatic imine (C=N–C) groups is 1. The van der Waals surface area contributed by atoms with E-state index in [0.29, 0.717) is 11.4 Å². The summed E-state index contributed by atoms with van der Waals surface area (Å²) in [7, 11) is 0. The van der Waals surface area contributed by atoms with Gasteiger partial charge < -0.3 is 5.32 Å². The van der Waals surface area contributed by atoms with E-state index in [2.05, 4.69) is 10.3 Å². The molecule has 1 aliphatic heterocycles. The van der Waals surface area contributed by atoms with Crippen LogP contribution >= 0.6 is 0 Å². The first-order valence-electron chi connectivity index (χ1n) is 6.29. The van der Waals surface area contributed by atoms with E-state index in [1.165, 1.54) is 0 Å². The lowest BCUT2D eigenvalue weighted by molar-refractivity contribution is -0.114. The van der Waals surface area contributed by atoms with Gasteiger partial charge in [0.05, 0.1) is 12.8 Å². The molecule has 18 heavy (non-hydrogen) atoms. The molecule has 1 N–H and O–H groups in total. The molecule has 0 fully saturated rings. The van der Waals surface area contributed by atoms with Gasteiger partial charge in [-0.05, 0) is 6.07 Å². The number of hydrogen-bond acceptors (Lipinski definition) is 2. The van der Waals surface area contributed by atoms with Gasteiger partial charge in [0.2, 0.25) is 5.91 Å². The van der Waals surface area contributed by atoms with Crippen molar-refractivity contribution >= 4 is 17.3 Å². The summed E-state index contributed by atoms with van der Waals surface area (Å²) in [5.41, 5.74) is 3.12. The molecule has 0 spiro atoms. The molecule has 0 saturated heterocycles. The lowest BCUT2D eigenvalue weighted by Gasteiger charge is -2.09. The van der Waals surface area contributed by atoms with Crippen molar-refractivity contribution < 1.29 is 6.17 Å². The van der Waals surface area contributed by atoms with Crippen LogP contribution < -0.4 is 5.32 Å². The maximum atomic E-state index is 11.7. The van der Waals surface area contributed by atoms with Crippen LogP contribution in [0.15, 0.2) is 59.6 Å². The largest absolute Gasteiger partial charge is 0.324 e. The molecule has 0 saturated carbocycles. The van der Waals surface area contributed by atoms with Gasteiger partial charge in [-0.2, -0.15) is 0 Å². The summed E-state index contributed by atoms with van der Waals surface area (Å²) in [5.74, 6) is -0.404. The van der Waals surface area contributed by atoms with Crippen molar-refractivity contribution in [2.75, 3.05) is 11.8 Å². The number of rotatable bonds is 1.